The van der Waals surface area contributed by atoms with Crippen LogP contribution in [0.4, 0.5) is 0 Å². The van der Waals surface area contributed by atoms with Crippen LogP contribution in [0.15, 0.2) is 36.4 Å². The molecular weight excluding hydrogens is 204 g/mol. The van der Waals surface area contributed by atoms with Crippen LogP contribution < -0.4 is 0 Å². The number of nitriles is 1. The maximum absolute atomic E-state index is 11.4. The van der Waals surface area contributed by atoms with Gasteiger partial charge in [-0.3, -0.25) is 4.79 Å². The van der Waals surface area contributed by atoms with Crippen molar-refractivity contribution >= 4 is 18.3 Å². The largest absolute Gasteiger partial charge is 0.301 e. The molecule has 4 heteroatoms. The first-order chi connectivity index (χ1) is 7.77. The monoisotopic (exact) mass is 214 g/mol. The molecule has 0 aromatic heterocycles. The summed E-state index contributed by atoms with van der Waals surface area (Å²) in [6, 6.07) is 9.23. The number of nitrogens with zero attached hydrogens (tertiary/aromatic N) is 2. The number of carbonyl (C=O) groups is 2. The molecule has 0 saturated heterocycles. The second-order valence-electron chi connectivity index (χ2n) is 2.96. The van der Waals surface area contributed by atoms with Crippen molar-refractivity contribution in [1.82, 2.24) is 4.90 Å². The van der Waals surface area contributed by atoms with Gasteiger partial charge in [0.2, 0.25) is 0 Å². The van der Waals surface area contributed by atoms with Crippen molar-refractivity contribution in [1.29, 1.82) is 5.26 Å². The minimum atomic E-state index is -0.501. The van der Waals surface area contributed by atoms with Gasteiger partial charge in [-0.1, -0.05) is 30.3 Å². The molecule has 0 unspecified atom stereocenters. The number of hydrogen-bond donors (Lipinski definition) is 0. The molecule has 1 aromatic carbocycles. The first-order valence-corrected chi connectivity index (χ1v) is 4.66. The second-order valence-corrected chi connectivity index (χ2v) is 2.96. The molecule has 0 fully saturated rings. The zero-order chi connectivity index (χ0) is 11.8. The molecule has 0 aliphatic heterocycles. The molecule has 0 atom stereocenters. The Balaban J connectivity index is 2.67. The Labute approximate surface area is 93.4 Å². The molecule has 16 heavy (non-hydrogen) atoms. The summed E-state index contributed by atoms with van der Waals surface area (Å²) in [5, 5.41) is 8.59. The van der Waals surface area contributed by atoms with Gasteiger partial charge < -0.3 is 4.79 Å². The number of amides is 1. The zero-order valence-corrected chi connectivity index (χ0v) is 8.54. The van der Waals surface area contributed by atoms with E-state index in [0.717, 1.165) is 10.5 Å². The van der Waals surface area contributed by atoms with Gasteiger partial charge in [-0.15, -0.1) is 0 Å². The summed E-state index contributed by atoms with van der Waals surface area (Å²) in [7, 11) is 0. The molecule has 0 heterocycles. The van der Waals surface area contributed by atoms with Gasteiger partial charge in [0.25, 0.3) is 5.91 Å². The first kappa shape index (κ1) is 11.7. The fourth-order valence-electron chi connectivity index (χ4n) is 1.08. The summed E-state index contributed by atoms with van der Waals surface area (Å²) in [5.41, 5.74) is 0.861. The Morgan fingerprint density at radius 2 is 2.06 bits per heavy atom. The Hall–Kier alpha value is -2.41. The van der Waals surface area contributed by atoms with E-state index in [9.17, 15) is 9.59 Å². The molecular formula is C12H10N2O2. The molecule has 0 saturated carbocycles. The summed E-state index contributed by atoms with van der Waals surface area (Å²) < 4.78 is 0. The Morgan fingerprint density at radius 3 is 2.62 bits per heavy atom. The number of carbonyl (C=O) groups excluding carboxylic acids is 2. The molecule has 0 aliphatic carbocycles. The molecule has 0 N–H and O–H groups in total. The Kier molecular flexibility index (Phi) is 4.48. The first-order valence-electron chi connectivity index (χ1n) is 4.66. The van der Waals surface area contributed by atoms with Gasteiger partial charge >= 0.3 is 0 Å². The van der Waals surface area contributed by atoms with E-state index in [1.165, 1.54) is 6.08 Å². The number of aldehydes is 1. The average molecular weight is 214 g/mol. The second kappa shape index (κ2) is 6.14. The highest BCUT2D eigenvalue weighted by Gasteiger charge is 2.07. The van der Waals surface area contributed by atoms with Crippen molar-refractivity contribution in [3.8, 4) is 6.19 Å². The Bertz CT molecular complexity index is 432. The lowest BCUT2D eigenvalue weighted by atomic mass is 10.2. The lowest BCUT2D eigenvalue weighted by Crippen LogP contribution is -2.25. The van der Waals surface area contributed by atoms with Crippen molar-refractivity contribution in [3.05, 3.63) is 42.0 Å². The van der Waals surface area contributed by atoms with Crippen LogP contribution in [0.3, 0.4) is 0 Å². The van der Waals surface area contributed by atoms with E-state index in [1.807, 2.05) is 30.3 Å². The third kappa shape index (κ3) is 3.39. The van der Waals surface area contributed by atoms with Gasteiger partial charge in [0.1, 0.15) is 6.29 Å². The van der Waals surface area contributed by atoms with Crippen LogP contribution in [0.2, 0.25) is 0 Å². The number of hydrogen-bond acceptors (Lipinski definition) is 3. The maximum atomic E-state index is 11.4. The normalized spacial score (nSPS) is 9.69. The maximum Gasteiger partial charge on any atom is 0.260 e. The third-order valence-corrected chi connectivity index (χ3v) is 1.86. The lowest BCUT2D eigenvalue weighted by Gasteiger charge is -2.05. The van der Waals surface area contributed by atoms with E-state index < -0.39 is 5.91 Å². The van der Waals surface area contributed by atoms with E-state index in [4.69, 9.17) is 5.26 Å². The molecule has 1 rings (SSSR count). The van der Waals surface area contributed by atoms with Crippen LogP contribution in [-0.4, -0.2) is 23.6 Å². The van der Waals surface area contributed by atoms with Crippen molar-refractivity contribution in [2.75, 3.05) is 6.54 Å². The van der Waals surface area contributed by atoms with Crippen molar-refractivity contribution in [2.24, 2.45) is 0 Å². The molecule has 0 spiro atoms. The van der Waals surface area contributed by atoms with Crippen molar-refractivity contribution in [3.63, 3.8) is 0 Å². The highest BCUT2D eigenvalue weighted by atomic mass is 16.2. The summed E-state index contributed by atoms with van der Waals surface area (Å²) in [6.07, 6.45) is 5.01. The van der Waals surface area contributed by atoms with Crippen LogP contribution in [0.5, 0.6) is 0 Å². The van der Waals surface area contributed by atoms with E-state index in [-0.39, 0.29) is 6.54 Å². The van der Waals surface area contributed by atoms with Gasteiger partial charge in [-0.2, -0.15) is 5.26 Å². The van der Waals surface area contributed by atoms with Crippen LogP contribution in [-0.2, 0) is 9.59 Å². The van der Waals surface area contributed by atoms with E-state index >= 15 is 0 Å². The highest BCUT2D eigenvalue weighted by molar-refractivity contribution is 5.93. The van der Waals surface area contributed by atoms with Crippen LogP contribution >= 0.6 is 0 Å². The van der Waals surface area contributed by atoms with E-state index in [0.29, 0.717) is 6.29 Å². The summed E-state index contributed by atoms with van der Waals surface area (Å²) in [6.45, 7) is -0.214. The standard InChI is InChI=1S/C12H10N2O2/c13-10-14(8-9-15)12(16)7-6-11-4-2-1-3-5-11/h1-7,9H,8H2/b7-6+. The average Bonchev–Trinajstić information content (AvgIpc) is 2.34. The smallest absolute Gasteiger partial charge is 0.260 e. The topological polar surface area (TPSA) is 61.2 Å². The van der Waals surface area contributed by atoms with Gasteiger partial charge in [-0.25, -0.2) is 4.90 Å². The summed E-state index contributed by atoms with van der Waals surface area (Å²) in [5.74, 6) is -0.501. The van der Waals surface area contributed by atoms with Crippen LogP contribution in [0, 0.1) is 11.5 Å². The lowest BCUT2D eigenvalue weighted by molar-refractivity contribution is -0.125. The van der Waals surface area contributed by atoms with Gasteiger partial charge in [0.05, 0.1) is 6.54 Å². The van der Waals surface area contributed by atoms with Crippen molar-refractivity contribution < 1.29 is 9.59 Å². The fourth-order valence-corrected chi connectivity index (χ4v) is 1.08. The van der Waals surface area contributed by atoms with Crippen molar-refractivity contribution in [2.45, 2.75) is 0 Å². The van der Waals surface area contributed by atoms with Gasteiger partial charge in [-0.05, 0) is 11.6 Å². The predicted molar refractivity (Wildman–Crippen MR) is 58.9 cm³/mol. The molecule has 0 aliphatic rings. The SMILES string of the molecule is N#CN(CC=O)C(=O)/C=C/c1ccccc1. The molecule has 80 valence electrons. The molecule has 0 bridgehead atoms. The summed E-state index contributed by atoms with van der Waals surface area (Å²) in [4.78, 5) is 22.4. The highest BCUT2D eigenvalue weighted by Crippen LogP contribution is 2.01. The molecule has 1 aromatic rings. The quantitative estimate of drug-likeness (QED) is 0.327. The molecule has 4 nitrogen and oxygen atoms in total. The van der Waals surface area contributed by atoms with Crippen LogP contribution in [0.1, 0.15) is 5.56 Å². The summed E-state index contributed by atoms with van der Waals surface area (Å²) >= 11 is 0. The minimum absolute atomic E-state index is 0.214. The fraction of sp³-hybridized carbons (Fsp3) is 0.0833. The molecule has 1 amide bonds. The van der Waals surface area contributed by atoms with Crippen LogP contribution in [0.25, 0.3) is 6.08 Å². The Morgan fingerprint density at radius 1 is 1.38 bits per heavy atom. The predicted octanol–water partition coefficient (Wildman–Crippen LogP) is 1.21. The zero-order valence-electron chi connectivity index (χ0n) is 8.54. The van der Waals surface area contributed by atoms with Gasteiger partial charge in [0, 0.05) is 6.08 Å². The van der Waals surface area contributed by atoms with Gasteiger partial charge in [0.15, 0.2) is 6.19 Å². The third-order valence-electron chi connectivity index (χ3n) is 1.86. The number of rotatable bonds is 4. The van der Waals surface area contributed by atoms with E-state index in [2.05, 4.69) is 0 Å². The van der Waals surface area contributed by atoms with E-state index in [1.54, 1.807) is 12.3 Å². The number of benzene rings is 1. The molecule has 0 radical (unpaired) electrons. The minimum Gasteiger partial charge on any atom is -0.301 e.